The molecule has 2 aliphatic heterocycles. The van der Waals surface area contributed by atoms with Crippen molar-refractivity contribution in [3.05, 3.63) is 0 Å². The quantitative estimate of drug-likeness (QED) is 0.826. The number of amides is 2. The lowest BCUT2D eigenvalue weighted by molar-refractivity contribution is -0.152. The molecule has 0 radical (unpaired) electrons. The molecule has 2 heterocycles. The predicted molar refractivity (Wildman–Crippen MR) is 80.0 cm³/mol. The van der Waals surface area contributed by atoms with Crippen molar-refractivity contribution < 1.29 is 14.7 Å². The first-order valence-corrected chi connectivity index (χ1v) is 8.01. The molecule has 120 valence electrons. The van der Waals surface area contributed by atoms with E-state index in [4.69, 9.17) is 5.73 Å². The number of nitrogens with two attached hydrogens (primary N) is 1. The Kier molecular flexibility index (Phi) is 5.08. The summed E-state index contributed by atoms with van der Waals surface area (Å²) in [6.45, 7) is 4.30. The number of hydrogen-bond acceptors (Lipinski definition) is 3. The summed E-state index contributed by atoms with van der Waals surface area (Å²) >= 11 is 0. The van der Waals surface area contributed by atoms with Crippen LogP contribution in [0.3, 0.4) is 0 Å². The molecule has 2 rings (SSSR count). The number of aliphatic carboxylic acids is 1. The minimum atomic E-state index is -0.766. The Morgan fingerprint density at radius 2 is 2.00 bits per heavy atom. The molecule has 0 aromatic rings. The van der Waals surface area contributed by atoms with Gasteiger partial charge in [0.25, 0.3) is 0 Å². The smallest absolute Gasteiger partial charge is 0.320 e. The van der Waals surface area contributed by atoms with Crippen molar-refractivity contribution >= 4 is 12.0 Å². The first-order chi connectivity index (χ1) is 9.98. The van der Waals surface area contributed by atoms with Gasteiger partial charge < -0.3 is 20.6 Å². The van der Waals surface area contributed by atoms with E-state index in [0.29, 0.717) is 32.5 Å². The number of carboxylic acids is 1. The van der Waals surface area contributed by atoms with E-state index in [2.05, 4.69) is 0 Å². The lowest BCUT2D eigenvalue weighted by Gasteiger charge is -2.43. The summed E-state index contributed by atoms with van der Waals surface area (Å²) in [5.41, 5.74) is 5.17. The SMILES string of the molecule is CCCC1(C(=O)O)CCCN(C(=O)N2CCCC(N)C2)C1. The van der Waals surface area contributed by atoms with Crippen LogP contribution in [0.1, 0.15) is 45.4 Å². The molecular formula is C15H27N3O3. The summed E-state index contributed by atoms with van der Waals surface area (Å²) in [7, 11) is 0. The van der Waals surface area contributed by atoms with Gasteiger partial charge in [0.15, 0.2) is 0 Å². The Hall–Kier alpha value is -1.30. The van der Waals surface area contributed by atoms with E-state index in [1.807, 2.05) is 6.92 Å². The van der Waals surface area contributed by atoms with Gasteiger partial charge >= 0.3 is 12.0 Å². The highest BCUT2D eigenvalue weighted by atomic mass is 16.4. The number of carbonyl (C=O) groups excluding carboxylic acids is 1. The van der Waals surface area contributed by atoms with Gasteiger partial charge in [0.05, 0.1) is 5.41 Å². The number of carboxylic acid groups (broad SMARTS) is 1. The number of piperidine rings is 2. The maximum Gasteiger partial charge on any atom is 0.320 e. The van der Waals surface area contributed by atoms with Crippen molar-refractivity contribution in [2.24, 2.45) is 11.1 Å². The first-order valence-electron chi connectivity index (χ1n) is 8.01. The van der Waals surface area contributed by atoms with Crippen molar-refractivity contribution in [3.63, 3.8) is 0 Å². The van der Waals surface area contributed by atoms with Crippen molar-refractivity contribution in [2.45, 2.75) is 51.5 Å². The molecule has 2 saturated heterocycles. The lowest BCUT2D eigenvalue weighted by atomic mass is 9.76. The van der Waals surface area contributed by atoms with E-state index >= 15 is 0 Å². The minimum Gasteiger partial charge on any atom is -0.481 e. The van der Waals surface area contributed by atoms with Crippen LogP contribution >= 0.6 is 0 Å². The van der Waals surface area contributed by atoms with Gasteiger partial charge in [-0.25, -0.2) is 4.79 Å². The van der Waals surface area contributed by atoms with Gasteiger partial charge in [-0.2, -0.15) is 0 Å². The Balaban J connectivity index is 2.05. The van der Waals surface area contributed by atoms with Crippen LogP contribution in [0, 0.1) is 5.41 Å². The van der Waals surface area contributed by atoms with Crippen molar-refractivity contribution in [1.29, 1.82) is 0 Å². The molecule has 2 aliphatic rings. The van der Waals surface area contributed by atoms with Crippen LogP contribution in [-0.4, -0.2) is 59.1 Å². The van der Waals surface area contributed by atoms with Gasteiger partial charge in [-0.1, -0.05) is 13.3 Å². The van der Waals surface area contributed by atoms with E-state index in [1.165, 1.54) is 0 Å². The minimum absolute atomic E-state index is 0.0356. The molecule has 0 bridgehead atoms. The van der Waals surface area contributed by atoms with Crippen LogP contribution in [0.25, 0.3) is 0 Å². The zero-order valence-corrected chi connectivity index (χ0v) is 12.9. The predicted octanol–water partition coefficient (Wildman–Crippen LogP) is 1.50. The second kappa shape index (κ2) is 6.64. The zero-order valence-electron chi connectivity index (χ0n) is 12.9. The third kappa shape index (κ3) is 3.48. The highest BCUT2D eigenvalue weighted by Crippen LogP contribution is 2.35. The number of carbonyl (C=O) groups is 2. The van der Waals surface area contributed by atoms with Crippen LogP contribution in [0.15, 0.2) is 0 Å². The molecule has 0 aliphatic carbocycles. The van der Waals surface area contributed by atoms with Gasteiger partial charge in [-0.3, -0.25) is 4.79 Å². The van der Waals surface area contributed by atoms with E-state index in [9.17, 15) is 14.7 Å². The molecule has 6 heteroatoms. The number of urea groups is 1. The van der Waals surface area contributed by atoms with Gasteiger partial charge in [0, 0.05) is 32.2 Å². The molecular weight excluding hydrogens is 270 g/mol. The fourth-order valence-electron chi connectivity index (χ4n) is 3.64. The molecule has 2 unspecified atom stereocenters. The molecule has 0 aromatic heterocycles. The van der Waals surface area contributed by atoms with Crippen molar-refractivity contribution in [1.82, 2.24) is 9.80 Å². The van der Waals surface area contributed by atoms with Gasteiger partial charge in [0.2, 0.25) is 0 Å². The molecule has 0 saturated carbocycles. The van der Waals surface area contributed by atoms with Gasteiger partial charge in [-0.15, -0.1) is 0 Å². The van der Waals surface area contributed by atoms with Crippen LogP contribution < -0.4 is 5.73 Å². The molecule has 2 atom stereocenters. The maximum atomic E-state index is 12.6. The van der Waals surface area contributed by atoms with E-state index < -0.39 is 11.4 Å². The Labute approximate surface area is 126 Å². The van der Waals surface area contributed by atoms with Crippen molar-refractivity contribution in [2.75, 3.05) is 26.2 Å². The lowest BCUT2D eigenvalue weighted by Crippen LogP contribution is -2.56. The molecule has 3 N–H and O–H groups in total. The number of hydrogen-bond donors (Lipinski definition) is 2. The largest absolute Gasteiger partial charge is 0.481 e. The molecule has 2 amide bonds. The first kappa shape index (κ1) is 16.1. The van der Waals surface area contributed by atoms with Crippen molar-refractivity contribution in [3.8, 4) is 0 Å². The van der Waals surface area contributed by atoms with Gasteiger partial charge in [0.1, 0.15) is 0 Å². The third-order valence-electron chi connectivity index (χ3n) is 4.76. The fourth-order valence-corrected chi connectivity index (χ4v) is 3.64. The average Bonchev–Trinajstić information content (AvgIpc) is 2.47. The van der Waals surface area contributed by atoms with E-state index in [0.717, 1.165) is 32.2 Å². The summed E-state index contributed by atoms with van der Waals surface area (Å²) in [5, 5.41) is 9.60. The Morgan fingerprint density at radius 1 is 1.29 bits per heavy atom. The van der Waals surface area contributed by atoms with Gasteiger partial charge in [-0.05, 0) is 32.1 Å². The summed E-state index contributed by atoms with van der Waals surface area (Å²) < 4.78 is 0. The Morgan fingerprint density at radius 3 is 2.62 bits per heavy atom. The van der Waals surface area contributed by atoms with Crippen LogP contribution in [0.2, 0.25) is 0 Å². The summed E-state index contributed by atoms with van der Waals surface area (Å²) in [6.07, 6.45) is 4.77. The molecule has 0 aromatic carbocycles. The van der Waals surface area contributed by atoms with Crippen LogP contribution in [0.4, 0.5) is 4.79 Å². The second-order valence-electron chi connectivity index (χ2n) is 6.49. The molecule has 0 spiro atoms. The third-order valence-corrected chi connectivity index (χ3v) is 4.76. The Bertz CT molecular complexity index is 398. The monoisotopic (exact) mass is 297 g/mol. The highest BCUT2D eigenvalue weighted by molar-refractivity contribution is 5.79. The summed E-state index contributed by atoms with van der Waals surface area (Å²) in [6, 6.07) is 0.0129. The normalized spacial score (nSPS) is 30.3. The molecule has 21 heavy (non-hydrogen) atoms. The molecule has 6 nitrogen and oxygen atoms in total. The molecule has 2 fully saturated rings. The average molecular weight is 297 g/mol. The number of nitrogens with zero attached hydrogens (tertiary/aromatic N) is 2. The van der Waals surface area contributed by atoms with E-state index in [-0.39, 0.29) is 12.1 Å². The van der Waals surface area contributed by atoms with Crippen LogP contribution in [-0.2, 0) is 4.79 Å². The van der Waals surface area contributed by atoms with Crippen LogP contribution in [0.5, 0.6) is 0 Å². The second-order valence-corrected chi connectivity index (χ2v) is 6.49. The summed E-state index contributed by atoms with van der Waals surface area (Å²) in [5.74, 6) is -0.766. The van der Waals surface area contributed by atoms with E-state index in [1.54, 1.807) is 9.80 Å². The topological polar surface area (TPSA) is 86.9 Å². The standard InChI is InChI=1S/C15H27N3O3/c1-2-6-15(13(19)20)7-4-9-18(11-15)14(21)17-8-3-5-12(16)10-17/h12H,2-11,16H2,1H3,(H,19,20). The number of likely N-dealkylation sites (tertiary alicyclic amines) is 2. The fraction of sp³-hybridized carbons (Fsp3) is 0.867. The summed E-state index contributed by atoms with van der Waals surface area (Å²) in [4.78, 5) is 27.8. The maximum absolute atomic E-state index is 12.6. The zero-order chi connectivity index (χ0) is 15.5. The number of rotatable bonds is 3. The highest BCUT2D eigenvalue weighted by Gasteiger charge is 2.43.